The Labute approximate surface area is 109 Å². The Morgan fingerprint density at radius 3 is 2.83 bits per heavy atom. The number of fused-ring (bicyclic) bond motifs is 1. The maximum atomic E-state index is 10.4. The number of rotatable bonds is 6. The highest BCUT2D eigenvalue weighted by Gasteiger charge is 2.17. The third-order valence-corrected chi connectivity index (χ3v) is 5.38. The van der Waals surface area contributed by atoms with Gasteiger partial charge < -0.3 is 5.11 Å². The van der Waals surface area contributed by atoms with E-state index >= 15 is 0 Å². The van der Waals surface area contributed by atoms with Crippen molar-refractivity contribution in [3.05, 3.63) is 29.3 Å². The van der Waals surface area contributed by atoms with Gasteiger partial charge in [0.15, 0.2) is 0 Å². The molecule has 0 spiro atoms. The van der Waals surface area contributed by atoms with Gasteiger partial charge in [-0.15, -0.1) is 0 Å². The predicted molar refractivity (Wildman–Crippen MR) is 75.1 cm³/mol. The summed E-state index contributed by atoms with van der Waals surface area (Å²) in [5.74, 6) is 0.410. The Morgan fingerprint density at radius 1 is 1.28 bits per heavy atom. The van der Waals surface area contributed by atoms with Crippen molar-refractivity contribution in [3.63, 3.8) is 0 Å². The van der Waals surface area contributed by atoms with Crippen molar-refractivity contribution >= 4 is 26.7 Å². The van der Waals surface area contributed by atoms with E-state index in [9.17, 15) is 4.79 Å². The SMILES string of the molecule is Cc1nc2ccccc2[s+]1CCCCCC(=O)O. The number of carbonyl (C=O) groups is 1. The van der Waals surface area contributed by atoms with Gasteiger partial charge in [0.25, 0.3) is 0 Å². The Kier molecular flexibility index (Phi) is 4.31. The molecule has 0 radical (unpaired) electrons. The molecule has 0 aliphatic carbocycles. The van der Waals surface area contributed by atoms with Crippen LogP contribution in [0, 0.1) is 6.92 Å². The largest absolute Gasteiger partial charge is 0.481 e. The van der Waals surface area contributed by atoms with Crippen LogP contribution in [0.5, 0.6) is 0 Å². The minimum atomic E-state index is -0.693. The summed E-state index contributed by atoms with van der Waals surface area (Å²) in [6, 6.07) is 8.32. The number of aryl methyl sites for hydroxylation is 2. The molecule has 0 fully saturated rings. The molecule has 1 heterocycles. The van der Waals surface area contributed by atoms with Crippen LogP contribution < -0.4 is 0 Å². The molecule has 18 heavy (non-hydrogen) atoms. The number of para-hydroxylation sites is 1. The third-order valence-electron chi connectivity index (χ3n) is 3.00. The first-order valence-electron chi connectivity index (χ1n) is 6.25. The van der Waals surface area contributed by atoms with Crippen LogP contribution in [-0.2, 0) is 10.5 Å². The van der Waals surface area contributed by atoms with E-state index in [2.05, 4.69) is 30.1 Å². The molecule has 0 aliphatic heterocycles. The minimum absolute atomic E-state index is 0.141. The fraction of sp³-hybridized carbons (Fsp3) is 0.429. The minimum Gasteiger partial charge on any atom is -0.481 e. The first kappa shape index (κ1) is 13.0. The standard InChI is InChI=1S/C14H17NO2S/c1-11-15-12-7-4-5-8-13(12)18(11)10-6-2-3-9-14(16)17/h4-5,7-8H,2-3,6,9-10H2,1H3/p+1. The maximum Gasteiger partial charge on any atom is 0.303 e. The number of aromatic nitrogens is 1. The summed E-state index contributed by atoms with van der Waals surface area (Å²) in [7, 11) is 0.141. The zero-order chi connectivity index (χ0) is 13.0. The number of unbranched alkanes of at least 4 members (excludes halogenated alkanes) is 2. The molecule has 1 atom stereocenters. The molecule has 0 aliphatic rings. The monoisotopic (exact) mass is 264 g/mol. The average molecular weight is 264 g/mol. The number of carboxylic acids is 1. The van der Waals surface area contributed by atoms with Gasteiger partial charge in [0.1, 0.15) is 11.3 Å². The summed E-state index contributed by atoms with van der Waals surface area (Å²) in [6.45, 7) is 2.10. The highest BCUT2D eigenvalue weighted by molar-refractivity contribution is 7.36. The van der Waals surface area contributed by atoms with Crippen molar-refractivity contribution in [2.45, 2.75) is 38.4 Å². The number of aliphatic carboxylic acids is 1. The number of hydrogen-bond acceptors (Lipinski definition) is 2. The molecule has 2 aromatic rings. The lowest BCUT2D eigenvalue weighted by Gasteiger charge is -1.95. The molecule has 2 rings (SSSR count). The van der Waals surface area contributed by atoms with Crippen LogP contribution in [0.2, 0.25) is 0 Å². The fourth-order valence-electron chi connectivity index (χ4n) is 2.10. The molecular formula is C14H18NO2S+. The lowest BCUT2D eigenvalue weighted by atomic mass is 10.2. The average Bonchev–Trinajstić information content (AvgIpc) is 2.65. The Bertz CT molecular complexity index is 548. The zero-order valence-electron chi connectivity index (χ0n) is 10.6. The predicted octanol–water partition coefficient (Wildman–Crippen LogP) is 3.94. The smallest absolute Gasteiger partial charge is 0.303 e. The van der Waals surface area contributed by atoms with Crippen LogP contribution in [-0.4, -0.2) is 16.1 Å². The number of hydrogen-bond donors (Lipinski definition) is 1. The molecule has 96 valence electrons. The van der Waals surface area contributed by atoms with E-state index in [1.54, 1.807) is 0 Å². The molecule has 3 nitrogen and oxygen atoms in total. The van der Waals surface area contributed by atoms with Crippen molar-refractivity contribution in [2.24, 2.45) is 0 Å². The Morgan fingerprint density at radius 2 is 2.06 bits per heavy atom. The highest BCUT2D eigenvalue weighted by Crippen LogP contribution is 2.35. The van der Waals surface area contributed by atoms with Crippen molar-refractivity contribution in [1.82, 2.24) is 4.98 Å². The van der Waals surface area contributed by atoms with Crippen LogP contribution in [0.4, 0.5) is 0 Å². The summed E-state index contributed by atoms with van der Waals surface area (Å²) in [4.78, 5) is 15.0. The van der Waals surface area contributed by atoms with E-state index in [0.29, 0.717) is 0 Å². The van der Waals surface area contributed by atoms with Gasteiger partial charge in [-0.05, 0) is 25.3 Å². The van der Waals surface area contributed by atoms with Crippen LogP contribution >= 0.6 is 10.5 Å². The molecule has 1 aromatic carbocycles. The lowest BCUT2D eigenvalue weighted by Crippen LogP contribution is -1.93. The first-order chi connectivity index (χ1) is 8.68. The molecule has 4 heteroatoms. The van der Waals surface area contributed by atoms with Gasteiger partial charge in [-0.25, -0.2) is 0 Å². The van der Waals surface area contributed by atoms with E-state index in [-0.39, 0.29) is 16.9 Å². The molecule has 1 aromatic heterocycles. The lowest BCUT2D eigenvalue weighted by molar-refractivity contribution is -0.137. The molecule has 1 unspecified atom stereocenters. The first-order valence-corrected chi connectivity index (χ1v) is 7.65. The normalized spacial score (nSPS) is 11.9. The van der Waals surface area contributed by atoms with E-state index < -0.39 is 5.97 Å². The Hall–Kier alpha value is -1.42. The van der Waals surface area contributed by atoms with Gasteiger partial charge >= 0.3 is 5.97 Å². The molecule has 0 saturated heterocycles. The van der Waals surface area contributed by atoms with Gasteiger partial charge in [0.05, 0.1) is 0 Å². The molecule has 0 saturated carbocycles. The summed E-state index contributed by atoms with van der Waals surface area (Å²) in [5.41, 5.74) is 1.11. The van der Waals surface area contributed by atoms with E-state index in [1.807, 2.05) is 6.07 Å². The number of benzene rings is 1. The van der Waals surface area contributed by atoms with Crippen molar-refractivity contribution in [1.29, 1.82) is 0 Å². The maximum absolute atomic E-state index is 10.4. The molecule has 0 amide bonds. The molecule has 1 N–H and O–H groups in total. The van der Waals surface area contributed by atoms with Gasteiger partial charge in [0, 0.05) is 29.9 Å². The fourth-order valence-corrected chi connectivity index (χ4v) is 4.24. The van der Waals surface area contributed by atoms with Crippen LogP contribution in [0.3, 0.4) is 0 Å². The van der Waals surface area contributed by atoms with Gasteiger partial charge in [-0.3, -0.25) is 4.79 Å². The van der Waals surface area contributed by atoms with Crippen molar-refractivity contribution < 1.29 is 9.90 Å². The van der Waals surface area contributed by atoms with Crippen LogP contribution in [0.1, 0.15) is 30.7 Å². The summed E-state index contributed by atoms with van der Waals surface area (Å²) >= 11 is 0. The van der Waals surface area contributed by atoms with E-state index in [1.165, 1.54) is 9.71 Å². The van der Waals surface area contributed by atoms with Crippen molar-refractivity contribution in [3.8, 4) is 0 Å². The number of thiazole rings is 1. The van der Waals surface area contributed by atoms with E-state index in [4.69, 9.17) is 5.11 Å². The molecule has 0 bridgehead atoms. The highest BCUT2D eigenvalue weighted by atomic mass is 32.2. The second-order valence-electron chi connectivity index (χ2n) is 4.40. The Balaban J connectivity index is 1.95. The second kappa shape index (κ2) is 5.96. The van der Waals surface area contributed by atoms with Gasteiger partial charge in [0.2, 0.25) is 9.71 Å². The third kappa shape index (κ3) is 3.07. The molecular weight excluding hydrogens is 246 g/mol. The topological polar surface area (TPSA) is 50.2 Å². The van der Waals surface area contributed by atoms with E-state index in [0.717, 1.165) is 30.5 Å². The van der Waals surface area contributed by atoms with Crippen molar-refractivity contribution in [2.75, 3.05) is 0 Å². The second-order valence-corrected chi connectivity index (χ2v) is 6.62. The summed E-state index contributed by atoms with van der Waals surface area (Å²) in [5, 5.41) is 9.80. The van der Waals surface area contributed by atoms with Crippen LogP contribution in [0.15, 0.2) is 24.3 Å². The zero-order valence-corrected chi connectivity index (χ0v) is 11.4. The summed E-state index contributed by atoms with van der Waals surface area (Å²) in [6.07, 6.45) is 3.14. The number of nitrogens with zero attached hydrogens (tertiary/aromatic N) is 1. The summed E-state index contributed by atoms with van der Waals surface area (Å²) < 4.78 is 1.35. The quantitative estimate of drug-likeness (QED) is 0.635. The number of carboxylic acid groups (broad SMARTS) is 1. The van der Waals surface area contributed by atoms with Gasteiger partial charge in [-0.2, -0.15) is 4.98 Å². The van der Waals surface area contributed by atoms with Gasteiger partial charge in [-0.1, -0.05) is 12.1 Å². The van der Waals surface area contributed by atoms with Crippen LogP contribution in [0.25, 0.3) is 10.2 Å².